The Kier molecular flexibility index (Phi) is 4.31. The van der Waals surface area contributed by atoms with E-state index in [1.807, 2.05) is 24.3 Å². The number of Topliss-reactive ketones (excluding diaryl/α,β-unsaturated/α-hetero) is 2. The fourth-order valence-electron chi connectivity index (χ4n) is 1.88. The maximum Gasteiger partial charge on any atom is 0.163 e. The Hall–Kier alpha value is -2.42. The van der Waals surface area contributed by atoms with Gasteiger partial charge in [-0.05, 0) is 31.5 Å². The smallest absolute Gasteiger partial charge is 0.163 e. The summed E-state index contributed by atoms with van der Waals surface area (Å²) in [6.07, 6.45) is 0. The second kappa shape index (κ2) is 6.15. The third-order valence-corrected chi connectivity index (χ3v) is 3.02. The molecule has 2 aromatic rings. The zero-order chi connectivity index (χ0) is 14.5. The Bertz CT molecular complexity index is 627. The van der Waals surface area contributed by atoms with Gasteiger partial charge in [-0.3, -0.25) is 9.59 Å². The number of hydrogen-bond acceptors (Lipinski definition) is 3. The quantitative estimate of drug-likeness (QED) is 0.777. The standard InChI is InChI=1S/C17H16O3/c1-12(18)15-9-7-14(8-10-15)11-20-17-6-4-3-5-16(17)13(2)19/h3-10H,11H2,1-2H3. The van der Waals surface area contributed by atoms with Crippen LogP contribution in [0.15, 0.2) is 48.5 Å². The van der Waals surface area contributed by atoms with Gasteiger partial charge in [0.15, 0.2) is 11.6 Å². The Balaban J connectivity index is 2.09. The molecule has 3 heteroatoms. The first-order chi connectivity index (χ1) is 9.58. The summed E-state index contributed by atoms with van der Waals surface area (Å²) in [4.78, 5) is 22.7. The fraction of sp³-hybridized carbons (Fsp3) is 0.176. The van der Waals surface area contributed by atoms with E-state index in [1.54, 1.807) is 24.3 Å². The summed E-state index contributed by atoms with van der Waals surface area (Å²) >= 11 is 0. The summed E-state index contributed by atoms with van der Waals surface area (Å²) < 4.78 is 5.68. The van der Waals surface area contributed by atoms with Crippen LogP contribution in [0.25, 0.3) is 0 Å². The largest absolute Gasteiger partial charge is 0.488 e. The second-order valence-corrected chi connectivity index (χ2v) is 4.59. The van der Waals surface area contributed by atoms with Gasteiger partial charge in [0.25, 0.3) is 0 Å². The van der Waals surface area contributed by atoms with Crippen LogP contribution in [0.3, 0.4) is 0 Å². The maximum absolute atomic E-state index is 11.5. The van der Waals surface area contributed by atoms with Crippen LogP contribution in [0, 0.1) is 0 Å². The number of benzene rings is 2. The third kappa shape index (κ3) is 3.32. The van der Waals surface area contributed by atoms with Gasteiger partial charge in [-0.2, -0.15) is 0 Å². The maximum atomic E-state index is 11.5. The monoisotopic (exact) mass is 268 g/mol. The summed E-state index contributed by atoms with van der Waals surface area (Å²) in [6.45, 7) is 3.42. The van der Waals surface area contributed by atoms with E-state index < -0.39 is 0 Å². The van der Waals surface area contributed by atoms with E-state index in [2.05, 4.69) is 0 Å². The molecule has 0 radical (unpaired) electrons. The molecule has 0 fully saturated rings. The van der Waals surface area contributed by atoms with E-state index in [0.29, 0.717) is 23.5 Å². The van der Waals surface area contributed by atoms with Crippen molar-refractivity contribution in [1.82, 2.24) is 0 Å². The van der Waals surface area contributed by atoms with Crippen molar-refractivity contribution in [2.75, 3.05) is 0 Å². The van der Waals surface area contributed by atoms with Crippen molar-refractivity contribution in [2.45, 2.75) is 20.5 Å². The SMILES string of the molecule is CC(=O)c1ccc(COc2ccccc2C(C)=O)cc1. The molecule has 0 aliphatic heterocycles. The molecule has 0 bridgehead atoms. The number of hydrogen-bond donors (Lipinski definition) is 0. The van der Waals surface area contributed by atoms with Crippen molar-refractivity contribution in [3.05, 3.63) is 65.2 Å². The summed E-state index contributed by atoms with van der Waals surface area (Å²) in [6, 6.07) is 14.4. The third-order valence-electron chi connectivity index (χ3n) is 3.02. The van der Waals surface area contributed by atoms with Crippen molar-refractivity contribution >= 4 is 11.6 Å². The first-order valence-corrected chi connectivity index (χ1v) is 6.40. The lowest BCUT2D eigenvalue weighted by molar-refractivity contribution is 0.100. The fourth-order valence-corrected chi connectivity index (χ4v) is 1.88. The van der Waals surface area contributed by atoms with Crippen LogP contribution in [0.1, 0.15) is 40.1 Å². The summed E-state index contributed by atoms with van der Waals surface area (Å²) in [7, 11) is 0. The van der Waals surface area contributed by atoms with Crippen LogP contribution in [-0.4, -0.2) is 11.6 Å². The van der Waals surface area contributed by atoms with Crippen molar-refractivity contribution in [3.63, 3.8) is 0 Å². The summed E-state index contributed by atoms with van der Waals surface area (Å²) in [5.41, 5.74) is 2.21. The highest BCUT2D eigenvalue weighted by Gasteiger charge is 2.07. The van der Waals surface area contributed by atoms with Gasteiger partial charge in [0.05, 0.1) is 5.56 Å². The molecule has 20 heavy (non-hydrogen) atoms. The number of para-hydroxylation sites is 1. The lowest BCUT2D eigenvalue weighted by Crippen LogP contribution is -2.01. The molecule has 0 saturated heterocycles. The van der Waals surface area contributed by atoms with Gasteiger partial charge < -0.3 is 4.74 Å². The molecule has 0 atom stereocenters. The van der Waals surface area contributed by atoms with Gasteiger partial charge in [0.2, 0.25) is 0 Å². The molecule has 0 aliphatic carbocycles. The van der Waals surface area contributed by atoms with Crippen LogP contribution in [0.2, 0.25) is 0 Å². The topological polar surface area (TPSA) is 43.4 Å². The zero-order valence-electron chi connectivity index (χ0n) is 11.6. The molecule has 0 saturated carbocycles. The van der Waals surface area contributed by atoms with E-state index in [9.17, 15) is 9.59 Å². The molecule has 2 aromatic carbocycles. The summed E-state index contributed by atoms with van der Waals surface area (Å²) in [5, 5.41) is 0. The van der Waals surface area contributed by atoms with Crippen LogP contribution in [-0.2, 0) is 6.61 Å². The Morgan fingerprint density at radius 1 is 0.900 bits per heavy atom. The minimum absolute atomic E-state index is 0.0208. The first-order valence-electron chi connectivity index (χ1n) is 6.40. The molecule has 0 unspecified atom stereocenters. The van der Waals surface area contributed by atoms with Gasteiger partial charge >= 0.3 is 0 Å². The molecule has 0 aromatic heterocycles. The normalized spacial score (nSPS) is 10.1. The van der Waals surface area contributed by atoms with Crippen LogP contribution >= 0.6 is 0 Å². The molecule has 3 nitrogen and oxygen atoms in total. The van der Waals surface area contributed by atoms with Crippen molar-refractivity contribution in [3.8, 4) is 5.75 Å². The Labute approximate surface area is 118 Å². The molecule has 102 valence electrons. The average molecular weight is 268 g/mol. The highest BCUT2D eigenvalue weighted by atomic mass is 16.5. The van der Waals surface area contributed by atoms with E-state index in [-0.39, 0.29) is 11.6 Å². The molecule has 0 spiro atoms. The highest BCUT2D eigenvalue weighted by molar-refractivity contribution is 5.96. The Morgan fingerprint density at radius 3 is 2.15 bits per heavy atom. The zero-order valence-corrected chi connectivity index (χ0v) is 11.6. The lowest BCUT2D eigenvalue weighted by atomic mass is 10.1. The van der Waals surface area contributed by atoms with E-state index >= 15 is 0 Å². The number of ether oxygens (including phenoxy) is 1. The predicted octanol–water partition coefficient (Wildman–Crippen LogP) is 3.67. The van der Waals surface area contributed by atoms with Crippen LogP contribution < -0.4 is 4.74 Å². The lowest BCUT2D eigenvalue weighted by Gasteiger charge is -2.09. The van der Waals surface area contributed by atoms with Crippen molar-refractivity contribution in [1.29, 1.82) is 0 Å². The molecule has 0 amide bonds. The molecule has 0 N–H and O–H groups in total. The van der Waals surface area contributed by atoms with E-state index in [1.165, 1.54) is 13.8 Å². The van der Waals surface area contributed by atoms with E-state index in [0.717, 1.165) is 5.56 Å². The predicted molar refractivity (Wildman–Crippen MR) is 77.2 cm³/mol. The molecule has 0 heterocycles. The van der Waals surface area contributed by atoms with Gasteiger partial charge in [-0.15, -0.1) is 0 Å². The van der Waals surface area contributed by atoms with Gasteiger partial charge in [0.1, 0.15) is 12.4 Å². The van der Waals surface area contributed by atoms with Crippen molar-refractivity contribution in [2.24, 2.45) is 0 Å². The summed E-state index contributed by atoms with van der Waals surface area (Å²) in [5.74, 6) is 0.600. The first kappa shape index (κ1) is 14.0. The molecule has 2 rings (SSSR count). The number of ketones is 2. The number of carbonyl (C=O) groups is 2. The number of rotatable bonds is 5. The van der Waals surface area contributed by atoms with Gasteiger partial charge in [-0.1, -0.05) is 36.4 Å². The van der Waals surface area contributed by atoms with E-state index in [4.69, 9.17) is 4.74 Å². The van der Waals surface area contributed by atoms with Crippen molar-refractivity contribution < 1.29 is 14.3 Å². The molecular weight excluding hydrogens is 252 g/mol. The van der Waals surface area contributed by atoms with Gasteiger partial charge in [0, 0.05) is 5.56 Å². The van der Waals surface area contributed by atoms with Crippen LogP contribution in [0.5, 0.6) is 5.75 Å². The molecular formula is C17H16O3. The van der Waals surface area contributed by atoms with Crippen LogP contribution in [0.4, 0.5) is 0 Å². The minimum Gasteiger partial charge on any atom is -0.488 e. The highest BCUT2D eigenvalue weighted by Crippen LogP contribution is 2.20. The average Bonchev–Trinajstić information content (AvgIpc) is 2.45. The number of carbonyl (C=O) groups excluding carboxylic acids is 2. The molecule has 0 aliphatic rings. The van der Waals surface area contributed by atoms with Gasteiger partial charge in [-0.25, -0.2) is 0 Å². The second-order valence-electron chi connectivity index (χ2n) is 4.59. The Morgan fingerprint density at radius 2 is 1.55 bits per heavy atom. The minimum atomic E-state index is -0.0208.